The fraction of sp³-hybridized carbons (Fsp3) is 0.389. The molecular weight excluding hydrogens is 320 g/mol. The molecule has 0 aliphatic rings. The smallest absolute Gasteiger partial charge is 0.252 e. The van der Waals surface area contributed by atoms with Gasteiger partial charge < -0.3 is 9.47 Å². The van der Waals surface area contributed by atoms with Gasteiger partial charge in [-0.1, -0.05) is 26.8 Å². The van der Waals surface area contributed by atoms with Crippen molar-refractivity contribution in [3.8, 4) is 11.5 Å². The van der Waals surface area contributed by atoms with Crippen LogP contribution >= 0.6 is 0 Å². The van der Waals surface area contributed by atoms with Crippen LogP contribution in [0.5, 0.6) is 11.5 Å². The second-order valence-electron chi connectivity index (χ2n) is 5.77. The van der Waals surface area contributed by atoms with Gasteiger partial charge in [0.15, 0.2) is 11.5 Å². The van der Waals surface area contributed by atoms with E-state index in [0.717, 1.165) is 12.0 Å². The topological polar surface area (TPSA) is 88.6 Å². The van der Waals surface area contributed by atoms with Crippen molar-refractivity contribution in [3.05, 3.63) is 45.9 Å². The van der Waals surface area contributed by atoms with Crippen LogP contribution in [0.3, 0.4) is 0 Å². The molecule has 0 aliphatic carbocycles. The maximum Gasteiger partial charge on any atom is 0.252 e. The number of methoxy groups -OCH3 is 1. The van der Waals surface area contributed by atoms with E-state index in [0.29, 0.717) is 29.7 Å². The molecule has 1 aromatic heterocycles. The summed E-state index contributed by atoms with van der Waals surface area (Å²) in [6, 6.07) is 7.05. The highest BCUT2D eigenvalue weighted by atomic mass is 16.5. The Bertz CT molecular complexity index is 784. The lowest BCUT2D eigenvalue weighted by molar-refractivity contribution is 0.294. The first kappa shape index (κ1) is 18.5. The van der Waals surface area contributed by atoms with Crippen LogP contribution in [0.15, 0.2) is 34.2 Å². The minimum atomic E-state index is -0.218. The molecule has 134 valence electrons. The lowest BCUT2D eigenvalue weighted by Gasteiger charge is -2.12. The normalized spacial score (nSPS) is 11.1. The molecule has 0 unspecified atom stereocenters. The molecule has 2 aromatic rings. The van der Waals surface area contributed by atoms with Crippen LogP contribution in [0, 0.1) is 0 Å². The first-order valence-corrected chi connectivity index (χ1v) is 8.25. The monoisotopic (exact) mass is 344 g/mol. The number of rotatable bonds is 8. The average Bonchev–Trinajstić information content (AvgIpc) is 2.59. The van der Waals surface area contributed by atoms with Gasteiger partial charge in [-0.15, -0.1) is 0 Å². The number of hydrazone groups is 1. The molecular formula is C18H24N4O3. The van der Waals surface area contributed by atoms with E-state index >= 15 is 0 Å². The summed E-state index contributed by atoms with van der Waals surface area (Å²) < 4.78 is 11.1. The van der Waals surface area contributed by atoms with Crippen LogP contribution in [0.2, 0.25) is 0 Å². The molecule has 2 N–H and O–H groups in total. The van der Waals surface area contributed by atoms with Crippen molar-refractivity contribution >= 4 is 12.2 Å². The third-order valence-corrected chi connectivity index (χ3v) is 3.41. The summed E-state index contributed by atoms with van der Waals surface area (Å²) in [5.74, 6) is 1.73. The quantitative estimate of drug-likeness (QED) is 0.567. The van der Waals surface area contributed by atoms with Crippen LogP contribution < -0.4 is 20.5 Å². The molecule has 0 fully saturated rings. The predicted octanol–water partition coefficient (Wildman–Crippen LogP) is 3.14. The molecule has 7 nitrogen and oxygen atoms in total. The van der Waals surface area contributed by atoms with E-state index in [-0.39, 0.29) is 11.5 Å². The van der Waals surface area contributed by atoms with Crippen molar-refractivity contribution in [2.75, 3.05) is 19.1 Å². The van der Waals surface area contributed by atoms with Crippen LogP contribution in [0.4, 0.5) is 5.95 Å². The number of aromatic amines is 1. The zero-order valence-electron chi connectivity index (χ0n) is 15.0. The third kappa shape index (κ3) is 5.07. The molecule has 0 aliphatic heterocycles. The number of anilines is 1. The number of hydrogen-bond acceptors (Lipinski definition) is 6. The van der Waals surface area contributed by atoms with E-state index in [4.69, 9.17) is 9.47 Å². The van der Waals surface area contributed by atoms with Gasteiger partial charge in [0.25, 0.3) is 5.56 Å². The summed E-state index contributed by atoms with van der Waals surface area (Å²) >= 11 is 0. The fourth-order valence-electron chi connectivity index (χ4n) is 2.14. The first-order valence-electron chi connectivity index (χ1n) is 8.25. The van der Waals surface area contributed by atoms with E-state index in [2.05, 4.69) is 20.5 Å². The zero-order valence-corrected chi connectivity index (χ0v) is 15.0. The lowest BCUT2D eigenvalue weighted by atomic mass is 10.1. The van der Waals surface area contributed by atoms with Crippen LogP contribution in [0.25, 0.3) is 0 Å². The molecule has 1 aromatic carbocycles. The van der Waals surface area contributed by atoms with Crippen LogP contribution in [0.1, 0.15) is 44.4 Å². The minimum absolute atomic E-state index is 0.152. The molecule has 1 heterocycles. The number of para-hydroxylation sites is 1. The fourth-order valence-corrected chi connectivity index (χ4v) is 2.14. The van der Waals surface area contributed by atoms with Gasteiger partial charge in [0.1, 0.15) is 0 Å². The van der Waals surface area contributed by atoms with Crippen molar-refractivity contribution < 1.29 is 9.47 Å². The van der Waals surface area contributed by atoms with Gasteiger partial charge in [0, 0.05) is 11.6 Å². The van der Waals surface area contributed by atoms with Crippen LogP contribution in [-0.4, -0.2) is 29.9 Å². The molecule has 0 bridgehead atoms. The van der Waals surface area contributed by atoms with E-state index in [1.165, 1.54) is 6.07 Å². The van der Waals surface area contributed by atoms with E-state index in [1.54, 1.807) is 13.3 Å². The number of H-pyrrole nitrogens is 1. The first-order chi connectivity index (χ1) is 12.0. The number of aromatic nitrogens is 2. The molecule has 25 heavy (non-hydrogen) atoms. The molecule has 0 saturated carbocycles. The SMILES string of the molecule is CCCOc1c(/C=N\Nc2nc(C(C)C)cc(=O)[nH]2)cccc1OC. The second kappa shape index (κ2) is 8.86. The molecule has 0 saturated heterocycles. The summed E-state index contributed by atoms with van der Waals surface area (Å²) in [5.41, 5.74) is 4.01. The third-order valence-electron chi connectivity index (χ3n) is 3.41. The van der Waals surface area contributed by atoms with Gasteiger partial charge in [0.2, 0.25) is 5.95 Å². The molecule has 0 radical (unpaired) electrons. The lowest BCUT2D eigenvalue weighted by Crippen LogP contribution is -2.12. The van der Waals surface area contributed by atoms with Crippen molar-refractivity contribution in [3.63, 3.8) is 0 Å². The standard InChI is InChI=1S/C18H24N4O3/c1-5-9-25-17-13(7-6-8-15(17)24-4)11-19-22-18-20-14(12(2)3)10-16(23)21-18/h6-8,10-12H,5,9H2,1-4H3,(H2,20,21,22,23)/b19-11-. The van der Waals surface area contributed by atoms with Gasteiger partial charge in [-0.2, -0.15) is 5.10 Å². The summed E-state index contributed by atoms with van der Waals surface area (Å²) in [6.45, 7) is 6.57. The van der Waals surface area contributed by atoms with E-state index in [9.17, 15) is 4.79 Å². The number of benzene rings is 1. The average molecular weight is 344 g/mol. The van der Waals surface area contributed by atoms with E-state index in [1.807, 2.05) is 39.0 Å². The van der Waals surface area contributed by atoms with Crippen molar-refractivity contribution in [2.24, 2.45) is 5.10 Å². The molecule has 7 heteroatoms. The molecule has 0 spiro atoms. The highest BCUT2D eigenvalue weighted by molar-refractivity contribution is 5.85. The number of hydrogen-bond donors (Lipinski definition) is 2. The minimum Gasteiger partial charge on any atom is -0.493 e. The Labute approximate surface area is 147 Å². The van der Waals surface area contributed by atoms with Crippen molar-refractivity contribution in [1.82, 2.24) is 9.97 Å². The predicted molar refractivity (Wildman–Crippen MR) is 98.9 cm³/mol. The summed E-state index contributed by atoms with van der Waals surface area (Å²) in [6.07, 6.45) is 2.50. The maximum atomic E-state index is 11.7. The maximum absolute atomic E-state index is 11.7. The van der Waals surface area contributed by atoms with Gasteiger partial charge in [-0.3, -0.25) is 9.78 Å². The Morgan fingerprint density at radius 3 is 2.88 bits per heavy atom. The summed E-state index contributed by atoms with van der Waals surface area (Å²) in [4.78, 5) is 18.6. The van der Waals surface area contributed by atoms with Crippen LogP contribution in [-0.2, 0) is 0 Å². The molecule has 2 rings (SSSR count). The zero-order chi connectivity index (χ0) is 18.2. The van der Waals surface area contributed by atoms with Crippen molar-refractivity contribution in [2.45, 2.75) is 33.1 Å². The Morgan fingerprint density at radius 1 is 1.40 bits per heavy atom. The van der Waals surface area contributed by atoms with Gasteiger partial charge in [-0.25, -0.2) is 10.4 Å². The largest absolute Gasteiger partial charge is 0.493 e. The molecule has 0 atom stereocenters. The van der Waals surface area contributed by atoms with E-state index < -0.39 is 0 Å². The summed E-state index contributed by atoms with van der Waals surface area (Å²) in [5, 5.41) is 4.15. The highest BCUT2D eigenvalue weighted by Gasteiger charge is 2.09. The van der Waals surface area contributed by atoms with Gasteiger partial charge in [0.05, 0.1) is 25.6 Å². The van der Waals surface area contributed by atoms with Gasteiger partial charge >= 0.3 is 0 Å². The highest BCUT2D eigenvalue weighted by Crippen LogP contribution is 2.30. The molecule has 0 amide bonds. The Hall–Kier alpha value is -2.83. The number of nitrogens with zero attached hydrogens (tertiary/aromatic N) is 2. The Balaban J connectivity index is 2.21. The number of ether oxygens (including phenoxy) is 2. The second-order valence-corrected chi connectivity index (χ2v) is 5.77. The Morgan fingerprint density at radius 2 is 2.20 bits per heavy atom. The number of nitrogens with one attached hydrogen (secondary N) is 2. The van der Waals surface area contributed by atoms with Gasteiger partial charge in [-0.05, 0) is 24.5 Å². The Kier molecular flexibility index (Phi) is 6.56. The summed E-state index contributed by atoms with van der Waals surface area (Å²) in [7, 11) is 1.60. The van der Waals surface area contributed by atoms with Crippen molar-refractivity contribution in [1.29, 1.82) is 0 Å².